The van der Waals surface area contributed by atoms with E-state index in [1.807, 2.05) is 6.07 Å². The molecule has 0 heterocycles. The van der Waals surface area contributed by atoms with Crippen molar-refractivity contribution in [3.05, 3.63) is 46.0 Å². The SMILES string of the molecule is CC(CCN)(c1ccccc1)[N+](=O)[O-]. The van der Waals surface area contributed by atoms with Crippen LogP contribution in [0.2, 0.25) is 0 Å². The summed E-state index contributed by atoms with van der Waals surface area (Å²) < 4.78 is 0. The molecule has 0 radical (unpaired) electrons. The van der Waals surface area contributed by atoms with Gasteiger partial charge in [0.1, 0.15) is 0 Å². The van der Waals surface area contributed by atoms with Gasteiger partial charge in [0.2, 0.25) is 5.54 Å². The number of hydrogen-bond acceptors (Lipinski definition) is 3. The summed E-state index contributed by atoms with van der Waals surface area (Å²) in [4.78, 5) is 10.7. The van der Waals surface area contributed by atoms with E-state index in [0.29, 0.717) is 18.5 Å². The molecule has 1 aromatic carbocycles. The first-order chi connectivity index (χ1) is 6.61. The number of hydrogen-bond donors (Lipinski definition) is 1. The van der Waals surface area contributed by atoms with Gasteiger partial charge in [-0.25, -0.2) is 0 Å². The highest BCUT2D eigenvalue weighted by atomic mass is 16.6. The van der Waals surface area contributed by atoms with Crippen LogP contribution < -0.4 is 5.73 Å². The maximum atomic E-state index is 11.0. The molecule has 0 aliphatic rings. The van der Waals surface area contributed by atoms with E-state index in [1.54, 1.807) is 31.2 Å². The molecular weight excluding hydrogens is 180 g/mol. The smallest absolute Gasteiger partial charge is 0.245 e. The molecule has 0 amide bonds. The molecule has 14 heavy (non-hydrogen) atoms. The van der Waals surface area contributed by atoms with Crippen LogP contribution in [-0.2, 0) is 5.54 Å². The van der Waals surface area contributed by atoms with Crippen molar-refractivity contribution in [3.8, 4) is 0 Å². The summed E-state index contributed by atoms with van der Waals surface area (Å²) in [6, 6.07) is 8.96. The van der Waals surface area contributed by atoms with Gasteiger partial charge < -0.3 is 5.73 Å². The van der Waals surface area contributed by atoms with Gasteiger partial charge in [-0.2, -0.15) is 0 Å². The zero-order valence-corrected chi connectivity index (χ0v) is 8.14. The Kier molecular flexibility index (Phi) is 3.19. The zero-order chi connectivity index (χ0) is 10.6. The fourth-order valence-corrected chi connectivity index (χ4v) is 1.42. The van der Waals surface area contributed by atoms with Crippen molar-refractivity contribution in [3.63, 3.8) is 0 Å². The first kappa shape index (κ1) is 10.7. The molecule has 0 aliphatic carbocycles. The van der Waals surface area contributed by atoms with Gasteiger partial charge in [0.15, 0.2) is 0 Å². The predicted molar refractivity (Wildman–Crippen MR) is 54.5 cm³/mol. The molecule has 0 bridgehead atoms. The van der Waals surface area contributed by atoms with Crippen molar-refractivity contribution < 1.29 is 4.92 Å². The number of benzene rings is 1. The lowest BCUT2D eigenvalue weighted by molar-refractivity contribution is -0.575. The van der Waals surface area contributed by atoms with E-state index in [-0.39, 0.29) is 4.92 Å². The minimum atomic E-state index is -1.06. The van der Waals surface area contributed by atoms with Crippen LogP contribution in [0.25, 0.3) is 0 Å². The number of nitrogens with two attached hydrogens (primary N) is 1. The average Bonchev–Trinajstić information content (AvgIpc) is 2.19. The Morgan fingerprint density at radius 3 is 2.43 bits per heavy atom. The van der Waals surface area contributed by atoms with E-state index in [2.05, 4.69) is 0 Å². The summed E-state index contributed by atoms with van der Waals surface area (Å²) in [6.45, 7) is 1.92. The Labute approximate surface area is 82.9 Å². The lowest BCUT2D eigenvalue weighted by Gasteiger charge is -2.20. The van der Waals surface area contributed by atoms with E-state index >= 15 is 0 Å². The lowest BCUT2D eigenvalue weighted by Crippen LogP contribution is -2.34. The van der Waals surface area contributed by atoms with Crippen LogP contribution in [0.4, 0.5) is 0 Å². The quantitative estimate of drug-likeness (QED) is 0.583. The molecule has 1 aromatic rings. The Balaban J connectivity index is 3.06. The molecule has 76 valence electrons. The van der Waals surface area contributed by atoms with Crippen LogP contribution in [0.1, 0.15) is 18.9 Å². The maximum Gasteiger partial charge on any atom is 0.245 e. The standard InChI is InChI=1S/C10H14N2O2/c1-10(7-8-11,12(13)14)9-5-3-2-4-6-9/h2-6H,7-8,11H2,1H3. The van der Waals surface area contributed by atoms with E-state index in [9.17, 15) is 10.1 Å². The highest BCUT2D eigenvalue weighted by molar-refractivity contribution is 5.21. The Bertz CT molecular complexity index is 313. The largest absolute Gasteiger partial charge is 0.330 e. The fraction of sp³-hybridized carbons (Fsp3) is 0.400. The minimum Gasteiger partial charge on any atom is -0.330 e. The van der Waals surface area contributed by atoms with Crippen molar-refractivity contribution in [2.75, 3.05) is 6.54 Å². The summed E-state index contributed by atoms with van der Waals surface area (Å²) >= 11 is 0. The Morgan fingerprint density at radius 2 is 2.00 bits per heavy atom. The molecule has 2 N–H and O–H groups in total. The number of nitro groups is 1. The van der Waals surface area contributed by atoms with Crippen LogP contribution in [-0.4, -0.2) is 11.5 Å². The van der Waals surface area contributed by atoms with Gasteiger partial charge in [-0.05, 0) is 6.54 Å². The summed E-state index contributed by atoms with van der Waals surface area (Å²) in [7, 11) is 0. The normalized spacial score (nSPS) is 14.7. The van der Waals surface area contributed by atoms with Gasteiger partial charge in [-0.15, -0.1) is 0 Å². The number of nitrogens with zero attached hydrogens (tertiary/aromatic N) is 1. The van der Waals surface area contributed by atoms with Gasteiger partial charge in [-0.3, -0.25) is 10.1 Å². The third kappa shape index (κ3) is 1.90. The summed E-state index contributed by atoms with van der Waals surface area (Å²) in [5.74, 6) is 0. The molecule has 0 saturated heterocycles. The maximum absolute atomic E-state index is 11.0. The molecular formula is C10H14N2O2. The molecule has 0 spiro atoms. The van der Waals surface area contributed by atoms with Crippen molar-refractivity contribution in [1.29, 1.82) is 0 Å². The van der Waals surface area contributed by atoms with Crippen LogP contribution in [0.15, 0.2) is 30.3 Å². The molecule has 4 nitrogen and oxygen atoms in total. The molecule has 0 aliphatic heterocycles. The van der Waals surface area contributed by atoms with Crippen molar-refractivity contribution in [2.45, 2.75) is 18.9 Å². The lowest BCUT2D eigenvalue weighted by atomic mass is 9.89. The first-order valence-corrected chi connectivity index (χ1v) is 4.51. The van der Waals surface area contributed by atoms with Crippen molar-refractivity contribution in [1.82, 2.24) is 0 Å². The molecule has 0 aromatic heterocycles. The van der Waals surface area contributed by atoms with Gasteiger partial charge in [-0.1, -0.05) is 30.3 Å². The monoisotopic (exact) mass is 194 g/mol. The van der Waals surface area contributed by atoms with E-state index < -0.39 is 5.54 Å². The minimum absolute atomic E-state index is 0.269. The molecule has 1 atom stereocenters. The van der Waals surface area contributed by atoms with Gasteiger partial charge in [0.05, 0.1) is 0 Å². The second-order valence-corrected chi connectivity index (χ2v) is 3.44. The summed E-state index contributed by atoms with van der Waals surface area (Å²) in [5.41, 5.74) is 5.03. The van der Waals surface area contributed by atoms with Gasteiger partial charge >= 0.3 is 0 Å². The van der Waals surface area contributed by atoms with E-state index in [4.69, 9.17) is 5.73 Å². The van der Waals surface area contributed by atoms with Crippen LogP contribution in [0.3, 0.4) is 0 Å². The van der Waals surface area contributed by atoms with Crippen molar-refractivity contribution >= 4 is 0 Å². The molecule has 1 unspecified atom stereocenters. The Hall–Kier alpha value is -1.42. The van der Waals surface area contributed by atoms with Crippen LogP contribution in [0, 0.1) is 10.1 Å². The third-order valence-electron chi connectivity index (χ3n) is 2.43. The second-order valence-electron chi connectivity index (χ2n) is 3.44. The second kappa shape index (κ2) is 4.19. The van der Waals surface area contributed by atoms with Crippen LogP contribution in [0.5, 0.6) is 0 Å². The van der Waals surface area contributed by atoms with Gasteiger partial charge in [0.25, 0.3) is 0 Å². The van der Waals surface area contributed by atoms with E-state index in [0.717, 1.165) is 0 Å². The number of rotatable bonds is 4. The predicted octanol–water partition coefficient (Wildman–Crippen LogP) is 1.53. The summed E-state index contributed by atoms with van der Waals surface area (Å²) in [5, 5.41) is 11.0. The first-order valence-electron chi connectivity index (χ1n) is 4.51. The molecule has 1 rings (SSSR count). The zero-order valence-electron chi connectivity index (χ0n) is 8.14. The Morgan fingerprint density at radius 1 is 1.43 bits per heavy atom. The summed E-state index contributed by atoms with van der Waals surface area (Å²) in [6.07, 6.45) is 0.351. The third-order valence-corrected chi connectivity index (χ3v) is 2.43. The van der Waals surface area contributed by atoms with Crippen molar-refractivity contribution in [2.24, 2.45) is 5.73 Å². The average molecular weight is 194 g/mol. The highest BCUT2D eigenvalue weighted by Gasteiger charge is 2.37. The molecule has 4 heteroatoms. The molecule has 0 fully saturated rings. The fourth-order valence-electron chi connectivity index (χ4n) is 1.42. The highest BCUT2D eigenvalue weighted by Crippen LogP contribution is 2.27. The molecule has 0 saturated carbocycles. The van der Waals surface area contributed by atoms with E-state index in [1.165, 1.54) is 0 Å². The van der Waals surface area contributed by atoms with Crippen LogP contribution >= 0.6 is 0 Å². The topological polar surface area (TPSA) is 69.2 Å². The van der Waals surface area contributed by atoms with Gasteiger partial charge in [0, 0.05) is 23.8 Å².